The molecule has 5 nitrogen and oxygen atoms in total. The molecule has 23 heavy (non-hydrogen) atoms. The molecule has 120 valence electrons. The van der Waals surface area contributed by atoms with Crippen LogP contribution in [0.4, 0.5) is 16.2 Å². The summed E-state index contributed by atoms with van der Waals surface area (Å²) in [6, 6.07) is 9.52. The zero-order chi connectivity index (χ0) is 17.0. The quantitative estimate of drug-likeness (QED) is 0.611. The number of rotatable bonds is 3. The lowest BCUT2D eigenvalue weighted by Crippen LogP contribution is -2.24. The van der Waals surface area contributed by atoms with Gasteiger partial charge in [0.2, 0.25) is 0 Å². The second kappa shape index (κ2) is 7.81. The molecule has 0 aliphatic heterocycles. The lowest BCUT2D eigenvalue weighted by atomic mass is 10.1. The van der Waals surface area contributed by atoms with Crippen LogP contribution in [-0.4, -0.2) is 19.0 Å². The summed E-state index contributed by atoms with van der Waals surface area (Å²) in [6.45, 7) is 0. The van der Waals surface area contributed by atoms with E-state index < -0.39 is 6.03 Å². The van der Waals surface area contributed by atoms with Gasteiger partial charge >= 0.3 is 6.03 Å². The molecule has 3 amide bonds. The van der Waals surface area contributed by atoms with Crippen molar-refractivity contribution in [2.75, 3.05) is 17.7 Å². The molecule has 0 radical (unpaired) electrons. The lowest BCUT2D eigenvalue weighted by molar-refractivity contribution is 0.0964. The first kappa shape index (κ1) is 17.8. The van der Waals surface area contributed by atoms with Gasteiger partial charge in [-0.15, -0.1) is 0 Å². The number of anilines is 2. The van der Waals surface area contributed by atoms with Gasteiger partial charge in [0.15, 0.2) is 0 Å². The summed E-state index contributed by atoms with van der Waals surface area (Å²) < 4.78 is 1.63. The van der Waals surface area contributed by atoms with Crippen molar-refractivity contribution >= 4 is 66.8 Å². The molecule has 0 fully saturated rings. The molecular formula is C15H12Br2ClN3O2. The fourth-order valence-electron chi connectivity index (χ4n) is 1.86. The molecule has 2 aromatic rings. The van der Waals surface area contributed by atoms with Gasteiger partial charge in [-0.3, -0.25) is 4.79 Å². The Morgan fingerprint density at radius 3 is 2.26 bits per heavy atom. The molecule has 0 heterocycles. The van der Waals surface area contributed by atoms with Crippen molar-refractivity contribution in [1.29, 1.82) is 0 Å². The molecule has 0 unspecified atom stereocenters. The lowest BCUT2D eigenvalue weighted by Gasteiger charge is -2.12. The van der Waals surface area contributed by atoms with Gasteiger partial charge in [0.05, 0.1) is 11.3 Å². The minimum atomic E-state index is -0.484. The highest BCUT2D eigenvalue weighted by atomic mass is 79.9. The molecule has 0 atom stereocenters. The average Bonchev–Trinajstić information content (AvgIpc) is 2.45. The number of carbonyl (C=O) groups excluding carboxylic acids is 2. The Morgan fingerprint density at radius 1 is 1.00 bits per heavy atom. The predicted octanol–water partition coefficient (Wildman–Crippen LogP) is 4.87. The Kier molecular flexibility index (Phi) is 6.04. The van der Waals surface area contributed by atoms with E-state index in [4.69, 9.17) is 11.6 Å². The average molecular weight is 462 g/mol. The van der Waals surface area contributed by atoms with E-state index >= 15 is 0 Å². The maximum atomic E-state index is 12.2. The maximum Gasteiger partial charge on any atom is 0.323 e. The smallest absolute Gasteiger partial charge is 0.323 e. The molecule has 0 aliphatic rings. The molecule has 0 aromatic heterocycles. The number of urea groups is 1. The normalized spacial score (nSPS) is 10.1. The highest BCUT2D eigenvalue weighted by molar-refractivity contribution is 9.11. The maximum absolute atomic E-state index is 12.2. The Morgan fingerprint density at radius 2 is 1.65 bits per heavy atom. The Bertz CT molecular complexity index is 748. The highest BCUT2D eigenvalue weighted by Gasteiger charge is 2.13. The van der Waals surface area contributed by atoms with Crippen LogP contribution in [0.15, 0.2) is 45.3 Å². The Hall–Kier alpha value is -1.57. The molecule has 2 rings (SSSR count). The number of hydrogen-bond acceptors (Lipinski definition) is 2. The van der Waals surface area contributed by atoms with Crippen LogP contribution in [0.3, 0.4) is 0 Å². The number of benzene rings is 2. The monoisotopic (exact) mass is 459 g/mol. The van der Waals surface area contributed by atoms with Crippen LogP contribution in [0.2, 0.25) is 5.02 Å². The summed E-state index contributed by atoms with van der Waals surface area (Å²) in [4.78, 5) is 24.0. The first-order valence-corrected chi connectivity index (χ1v) is 8.41. The van der Waals surface area contributed by atoms with Crippen LogP contribution in [0.5, 0.6) is 0 Å². The SMILES string of the molecule is CNC(=O)c1ccc(Cl)cc1NC(=O)Nc1cc(Br)cc(Br)c1. The molecular weight excluding hydrogens is 449 g/mol. The fourth-order valence-corrected chi connectivity index (χ4v) is 3.33. The predicted molar refractivity (Wildman–Crippen MR) is 99.3 cm³/mol. The minimum absolute atomic E-state index is 0.317. The molecule has 0 aliphatic carbocycles. The number of hydrogen-bond donors (Lipinski definition) is 3. The third kappa shape index (κ3) is 4.95. The van der Waals surface area contributed by atoms with Gasteiger partial charge in [-0.2, -0.15) is 0 Å². The van der Waals surface area contributed by atoms with E-state index in [2.05, 4.69) is 47.8 Å². The van der Waals surface area contributed by atoms with Crippen molar-refractivity contribution in [1.82, 2.24) is 5.32 Å². The number of nitrogens with one attached hydrogen (secondary N) is 3. The van der Waals surface area contributed by atoms with Crippen LogP contribution < -0.4 is 16.0 Å². The zero-order valence-corrected chi connectivity index (χ0v) is 15.8. The standard InChI is InChI=1S/C15H12Br2ClN3O2/c1-19-14(22)12-3-2-10(18)7-13(12)21-15(23)20-11-5-8(16)4-9(17)6-11/h2-7H,1H3,(H,19,22)(H2,20,21,23). The van der Waals surface area contributed by atoms with E-state index in [-0.39, 0.29) is 5.91 Å². The van der Waals surface area contributed by atoms with Gasteiger partial charge in [0.25, 0.3) is 5.91 Å². The Balaban J connectivity index is 2.19. The van der Waals surface area contributed by atoms with Gasteiger partial charge < -0.3 is 16.0 Å². The van der Waals surface area contributed by atoms with Crippen LogP contribution in [-0.2, 0) is 0 Å². The van der Waals surface area contributed by atoms with Crippen molar-refractivity contribution < 1.29 is 9.59 Å². The summed E-state index contributed by atoms with van der Waals surface area (Å²) in [5, 5.41) is 8.25. The van der Waals surface area contributed by atoms with Crippen LogP contribution >= 0.6 is 43.5 Å². The first-order chi connectivity index (χ1) is 10.9. The summed E-state index contributed by atoms with van der Waals surface area (Å²) >= 11 is 12.6. The van der Waals surface area contributed by atoms with Crippen LogP contribution in [0, 0.1) is 0 Å². The van der Waals surface area contributed by atoms with E-state index in [0.717, 1.165) is 8.95 Å². The third-order valence-electron chi connectivity index (χ3n) is 2.82. The van der Waals surface area contributed by atoms with Crippen molar-refractivity contribution in [3.05, 3.63) is 55.9 Å². The van der Waals surface area contributed by atoms with Crippen molar-refractivity contribution in [3.63, 3.8) is 0 Å². The largest absolute Gasteiger partial charge is 0.355 e. The van der Waals surface area contributed by atoms with Gasteiger partial charge in [0.1, 0.15) is 0 Å². The number of amides is 3. The molecule has 8 heteroatoms. The van der Waals surface area contributed by atoms with E-state index in [9.17, 15) is 9.59 Å². The van der Waals surface area contributed by atoms with Crippen LogP contribution in [0.25, 0.3) is 0 Å². The van der Waals surface area contributed by atoms with Crippen molar-refractivity contribution in [2.24, 2.45) is 0 Å². The van der Waals surface area contributed by atoms with E-state index in [1.54, 1.807) is 24.3 Å². The molecule has 3 N–H and O–H groups in total. The Labute approximate surface area is 155 Å². The van der Waals surface area contributed by atoms with E-state index in [0.29, 0.717) is 22.0 Å². The first-order valence-electron chi connectivity index (χ1n) is 6.45. The summed E-state index contributed by atoms with van der Waals surface area (Å²) in [5.41, 5.74) is 1.23. The molecule has 0 bridgehead atoms. The van der Waals surface area contributed by atoms with Crippen molar-refractivity contribution in [2.45, 2.75) is 0 Å². The topological polar surface area (TPSA) is 70.2 Å². The molecule has 0 saturated heterocycles. The zero-order valence-electron chi connectivity index (χ0n) is 11.9. The van der Waals surface area contributed by atoms with E-state index in [1.165, 1.54) is 13.1 Å². The van der Waals surface area contributed by atoms with Crippen LogP contribution in [0.1, 0.15) is 10.4 Å². The van der Waals surface area contributed by atoms with E-state index in [1.807, 2.05) is 6.07 Å². The van der Waals surface area contributed by atoms with Gasteiger partial charge in [-0.1, -0.05) is 43.5 Å². The molecule has 2 aromatic carbocycles. The second-order valence-corrected chi connectivity index (χ2v) is 6.77. The summed E-state index contributed by atoms with van der Waals surface area (Å²) in [6.07, 6.45) is 0. The number of halogens is 3. The summed E-state index contributed by atoms with van der Waals surface area (Å²) in [5.74, 6) is -0.317. The third-order valence-corrected chi connectivity index (χ3v) is 3.97. The molecule has 0 saturated carbocycles. The fraction of sp³-hybridized carbons (Fsp3) is 0.0667. The van der Waals surface area contributed by atoms with Crippen molar-refractivity contribution in [3.8, 4) is 0 Å². The van der Waals surface area contributed by atoms with Gasteiger partial charge in [0, 0.05) is 26.7 Å². The van der Waals surface area contributed by atoms with Gasteiger partial charge in [-0.05, 0) is 36.4 Å². The highest BCUT2D eigenvalue weighted by Crippen LogP contribution is 2.24. The summed E-state index contributed by atoms with van der Waals surface area (Å²) in [7, 11) is 1.51. The molecule has 0 spiro atoms. The minimum Gasteiger partial charge on any atom is -0.355 e. The van der Waals surface area contributed by atoms with Gasteiger partial charge in [-0.25, -0.2) is 4.79 Å². The second-order valence-electron chi connectivity index (χ2n) is 4.51. The number of carbonyl (C=O) groups is 2.